The summed E-state index contributed by atoms with van der Waals surface area (Å²) in [6.07, 6.45) is 0. The van der Waals surface area contributed by atoms with E-state index in [1.54, 1.807) is 0 Å². The highest BCUT2D eigenvalue weighted by Crippen LogP contribution is 2.36. The van der Waals surface area contributed by atoms with E-state index < -0.39 is 0 Å². The minimum Gasteiger partial charge on any atom is -0.507 e. The third-order valence-corrected chi connectivity index (χ3v) is 3.47. The molecule has 4 nitrogen and oxygen atoms in total. The molecule has 0 heterocycles. The van der Waals surface area contributed by atoms with Crippen molar-refractivity contribution in [3.05, 3.63) is 28.8 Å². The Bertz CT molecular complexity index is 438. The van der Waals surface area contributed by atoms with Crippen LogP contribution in [-0.2, 0) is 4.79 Å². The predicted molar refractivity (Wildman–Crippen MR) is 77.0 cm³/mol. The molecule has 0 radical (unpaired) electrons. The van der Waals surface area contributed by atoms with Gasteiger partial charge in [-0.3, -0.25) is 10.2 Å². The van der Waals surface area contributed by atoms with E-state index in [0.29, 0.717) is 5.75 Å². The molecule has 0 spiro atoms. The van der Waals surface area contributed by atoms with Crippen LogP contribution in [0.3, 0.4) is 0 Å². The molecule has 0 aliphatic carbocycles. The van der Waals surface area contributed by atoms with Gasteiger partial charge in [0.1, 0.15) is 5.75 Å². The molecule has 106 valence electrons. The lowest BCUT2D eigenvalue weighted by Crippen LogP contribution is -2.33. The van der Waals surface area contributed by atoms with Gasteiger partial charge in [-0.25, -0.2) is 5.84 Å². The molecule has 0 saturated carbocycles. The number of nitrogens with one attached hydrogen (secondary N) is 1. The molecule has 0 bridgehead atoms. The third kappa shape index (κ3) is 3.26. The Morgan fingerprint density at radius 3 is 1.84 bits per heavy atom. The molecule has 1 rings (SSSR count). The highest BCUT2D eigenvalue weighted by Gasteiger charge is 2.20. The molecule has 1 aromatic rings. The molecule has 19 heavy (non-hydrogen) atoms. The summed E-state index contributed by atoms with van der Waals surface area (Å²) >= 11 is 0. The standard InChI is InChI=1S/C15H24N2O2/c1-8(2)12-6-11(10(5)15(19)17-16)7-13(9(3)4)14(12)18/h6-10,18H,16H2,1-5H3,(H,17,19). The summed E-state index contributed by atoms with van der Waals surface area (Å²) < 4.78 is 0. The maximum absolute atomic E-state index is 11.7. The van der Waals surface area contributed by atoms with Crippen molar-refractivity contribution in [1.29, 1.82) is 0 Å². The van der Waals surface area contributed by atoms with E-state index in [1.807, 2.05) is 46.8 Å². The first-order valence-electron chi connectivity index (χ1n) is 6.66. The number of hydrogen-bond acceptors (Lipinski definition) is 3. The summed E-state index contributed by atoms with van der Waals surface area (Å²) in [5, 5.41) is 10.3. The zero-order chi connectivity index (χ0) is 14.7. The van der Waals surface area contributed by atoms with Crippen molar-refractivity contribution in [1.82, 2.24) is 5.43 Å². The predicted octanol–water partition coefficient (Wildman–Crippen LogP) is 2.73. The topological polar surface area (TPSA) is 75.4 Å². The number of carbonyl (C=O) groups is 1. The summed E-state index contributed by atoms with van der Waals surface area (Å²) in [5.41, 5.74) is 4.80. The number of carbonyl (C=O) groups excluding carboxylic acids is 1. The SMILES string of the molecule is CC(C)c1cc(C(C)C(=O)NN)cc(C(C)C)c1O. The number of phenols is 1. The first-order chi connectivity index (χ1) is 8.79. The van der Waals surface area contributed by atoms with Crippen LogP contribution in [0.4, 0.5) is 0 Å². The van der Waals surface area contributed by atoms with Gasteiger partial charge >= 0.3 is 0 Å². The van der Waals surface area contributed by atoms with Crippen LogP contribution in [0.1, 0.15) is 69.1 Å². The van der Waals surface area contributed by atoms with Crippen LogP contribution in [-0.4, -0.2) is 11.0 Å². The molecule has 0 aromatic heterocycles. The van der Waals surface area contributed by atoms with Crippen molar-refractivity contribution in [2.45, 2.75) is 52.4 Å². The molecular formula is C15H24N2O2. The number of phenolic OH excluding ortho intramolecular Hbond substituents is 1. The molecule has 1 amide bonds. The van der Waals surface area contributed by atoms with Crippen LogP contribution < -0.4 is 11.3 Å². The minimum absolute atomic E-state index is 0.200. The lowest BCUT2D eigenvalue weighted by atomic mass is 9.88. The van der Waals surface area contributed by atoms with Crippen molar-refractivity contribution >= 4 is 5.91 Å². The van der Waals surface area contributed by atoms with Gasteiger partial charge < -0.3 is 5.11 Å². The molecule has 4 heteroatoms. The van der Waals surface area contributed by atoms with Crippen LogP contribution in [0.25, 0.3) is 0 Å². The smallest absolute Gasteiger partial charge is 0.241 e. The maximum atomic E-state index is 11.7. The molecule has 1 atom stereocenters. The molecule has 1 unspecified atom stereocenters. The highest BCUT2D eigenvalue weighted by atomic mass is 16.3. The second kappa shape index (κ2) is 6.06. The van der Waals surface area contributed by atoms with E-state index >= 15 is 0 Å². The van der Waals surface area contributed by atoms with Gasteiger partial charge in [-0.05, 0) is 35.4 Å². The normalized spacial score (nSPS) is 12.8. The molecule has 0 saturated heterocycles. The summed E-state index contributed by atoms with van der Waals surface area (Å²) in [5.74, 6) is 5.37. The van der Waals surface area contributed by atoms with Crippen molar-refractivity contribution in [2.24, 2.45) is 5.84 Å². The number of hydrogen-bond donors (Lipinski definition) is 3. The quantitative estimate of drug-likeness (QED) is 0.444. The van der Waals surface area contributed by atoms with Crippen molar-refractivity contribution in [2.75, 3.05) is 0 Å². The molecular weight excluding hydrogens is 240 g/mol. The van der Waals surface area contributed by atoms with E-state index in [-0.39, 0.29) is 23.7 Å². The van der Waals surface area contributed by atoms with Crippen LogP contribution >= 0.6 is 0 Å². The Balaban J connectivity index is 3.38. The number of amides is 1. The van der Waals surface area contributed by atoms with Crippen LogP contribution in [0.15, 0.2) is 12.1 Å². The monoisotopic (exact) mass is 264 g/mol. The largest absolute Gasteiger partial charge is 0.507 e. The van der Waals surface area contributed by atoms with E-state index in [0.717, 1.165) is 16.7 Å². The first-order valence-corrected chi connectivity index (χ1v) is 6.66. The van der Waals surface area contributed by atoms with Gasteiger partial charge in [0.25, 0.3) is 0 Å². The fourth-order valence-corrected chi connectivity index (χ4v) is 2.11. The molecule has 0 aliphatic heterocycles. The van der Waals surface area contributed by atoms with Gasteiger partial charge in [0.2, 0.25) is 5.91 Å². The number of nitrogens with two attached hydrogens (primary N) is 1. The average Bonchev–Trinajstić information content (AvgIpc) is 2.36. The number of hydrazine groups is 1. The van der Waals surface area contributed by atoms with Crippen LogP contribution in [0.5, 0.6) is 5.75 Å². The summed E-state index contributed by atoms with van der Waals surface area (Å²) in [6.45, 7) is 9.91. The minimum atomic E-state index is -0.333. The van der Waals surface area contributed by atoms with Gasteiger partial charge in [0.15, 0.2) is 0 Å². The molecule has 1 aromatic carbocycles. The van der Waals surface area contributed by atoms with Gasteiger partial charge in [-0.1, -0.05) is 39.8 Å². The van der Waals surface area contributed by atoms with Crippen LogP contribution in [0.2, 0.25) is 0 Å². The van der Waals surface area contributed by atoms with Crippen molar-refractivity contribution in [3.63, 3.8) is 0 Å². The zero-order valence-corrected chi connectivity index (χ0v) is 12.3. The molecule has 0 fully saturated rings. The van der Waals surface area contributed by atoms with Crippen molar-refractivity contribution in [3.8, 4) is 5.75 Å². The van der Waals surface area contributed by atoms with E-state index in [2.05, 4.69) is 5.43 Å². The fraction of sp³-hybridized carbons (Fsp3) is 0.533. The first kappa shape index (κ1) is 15.5. The average molecular weight is 264 g/mol. The Labute approximate surface area is 115 Å². The van der Waals surface area contributed by atoms with Crippen LogP contribution in [0, 0.1) is 0 Å². The van der Waals surface area contributed by atoms with E-state index in [1.165, 1.54) is 0 Å². The summed E-state index contributed by atoms with van der Waals surface area (Å²) in [6, 6.07) is 3.79. The fourth-order valence-electron chi connectivity index (χ4n) is 2.11. The second-order valence-electron chi connectivity index (χ2n) is 5.59. The Morgan fingerprint density at radius 2 is 1.53 bits per heavy atom. The summed E-state index contributed by atoms with van der Waals surface area (Å²) in [4.78, 5) is 11.7. The number of benzene rings is 1. The third-order valence-electron chi connectivity index (χ3n) is 3.47. The maximum Gasteiger partial charge on any atom is 0.241 e. The lowest BCUT2D eigenvalue weighted by molar-refractivity contribution is -0.122. The number of aromatic hydroxyl groups is 1. The van der Waals surface area contributed by atoms with E-state index in [9.17, 15) is 9.90 Å². The van der Waals surface area contributed by atoms with E-state index in [4.69, 9.17) is 5.84 Å². The van der Waals surface area contributed by atoms with Gasteiger partial charge in [0.05, 0.1) is 5.92 Å². The van der Waals surface area contributed by atoms with Gasteiger partial charge in [-0.15, -0.1) is 0 Å². The summed E-state index contributed by atoms with van der Waals surface area (Å²) in [7, 11) is 0. The number of rotatable bonds is 4. The molecule has 0 aliphatic rings. The Hall–Kier alpha value is -1.55. The zero-order valence-electron chi connectivity index (χ0n) is 12.3. The van der Waals surface area contributed by atoms with Crippen molar-refractivity contribution < 1.29 is 9.90 Å². The van der Waals surface area contributed by atoms with Gasteiger partial charge in [-0.2, -0.15) is 0 Å². The molecule has 4 N–H and O–H groups in total. The Kier molecular flexibility index (Phi) is 4.95. The Morgan fingerprint density at radius 1 is 1.11 bits per heavy atom. The highest BCUT2D eigenvalue weighted by molar-refractivity contribution is 5.82. The lowest BCUT2D eigenvalue weighted by Gasteiger charge is -2.19. The second-order valence-corrected chi connectivity index (χ2v) is 5.59. The van der Waals surface area contributed by atoms with Gasteiger partial charge in [0, 0.05) is 0 Å².